The van der Waals surface area contributed by atoms with Crippen LogP contribution in [0.2, 0.25) is 5.02 Å². The highest BCUT2D eigenvalue weighted by atomic mass is 35.5. The molecule has 39 heavy (non-hydrogen) atoms. The van der Waals surface area contributed by atoms with Gasteiger partial charge in [0.1, 0.15) is 11.6 Å². The molecule has 6 nitrogen and oxygen atoms in total. The molecule has 0 aliphatic heterocycles. The Labute approximate surface area is 232 Å². The summed E-state index contributed by atoms with van der Waals surface area (Å²) in [7, 11) is 1.61. The Bertz CT molecular complexity index is 1650. The Balaban J connectivity index is 1.61. The number of carbonyl (C=O) groups excluding carboxylic acids is 1. The van der Waals surface area contributed by atoms with E-state index in [-0.39, 0.29) is 17.9 Å². The van der Waals surface area contributed by atoms with Crippen molar-refractivity contribution in [2.45, 2.75) is 25.9 Å². The molecule has 196 valence electrons. The number of carbonyl (C=O) groups is 1. The van der Waals surface area contributed by atoms with Gasteiger partial charge in [-0.05, 0) is 66.6 Å². The second-order valence-electron chi connectivity index (χ2n) is 9.31. The Morgan fingerprint density at radius 1 is 0.897 bits per heavy atom. The summed E-state index contributed by atoms with van der Waals surface area (Å²) in [5.74, 6) is 1.12. The van der Waals surface area contributed by atoms with Crippen LogP contribution in [-0.4, -0.2) is 27.5 Å². The molecule has 1 unspecified atom stereocenters. The van der Waals surface area contributed by atoms with Crippen LogP contribution in [0.5, 0.6) is 5.75 Å². The highest BCUT2D eigenvalue weighted by Crippen LogP contribution is 2.26. The van der Waals surface area contributed by atoms with E-state index in [2.05, 4.69) is 0 Å². The van der Waals surface area contributed by atoms with E-state index < -0.39 is 6.04 Å². The van der Waals surface area contributed by atoms with Crippen molar-refractivity contribution >= 4 is 28.4 Å². The third kappa shape index (κ3) is 5.71. The van der Waals surface area contributed by atoms with Gasteiger partial charge in [-0.15, -0.1) is 0 Å². The van der Waals surface area contributed by atoms with E-state index in [9.17, 15) is 9.59 Å². The Hall–Kier alpha value is -4.42. The SMILES string of the molecule is COc1ccc(CC(=O)N(Cc2ccccc2)C(C)c2nc3ccccc3c(=O)n2-c2ccc(Cl)cc2)cc1. The quantitative estimate of drug-likeness (QED) is 0.230. The summed E-state index contributed by atoms with van der Waals surface area (Å²) in [6.07, 6.45) is 0.194. The number of hydrogen-bond donors (Lipinski definition) is 0. The summed E-state index contributed by atoms with van der Waals surface area (Å²) < 4.78 is 6.85. The zero-order valence-electron chi connectivity index (χ0n) is 21.8. The number of para-hydroxylation sites is 1. The van der Waals surface area contributed by atoms with Gasteiger partial charge in [0.05, 0.1) is 36.2 Å². The van der Waals surface area contributed by atoms with E-state index in [1.165, 1.54) is 0 Å². The molecule has 5 rings (SSSR count). The van der Waals surface area contributed by atoms with Crippen molar-refractivity contribution in [1.82, 2.24) is 14.5 Å². The van der Waals surface area contributed by atoms with Gasteiger partial charge in [-0.1, -0.05) is 66.2 Å². The van der Waals surface area contributed by atoms with Crippen LogP contribution in [0.1, 0.15) is 29.9 Å². The molecule has 1 aromatic heterocycles. The molecule has 0 saturated carbocycles. The van der Waals surface area contributed by atoms with Crippen LogP contribution in [0.25, 0.3) is 16.6 Å². The second kappa shape index (κ2) is 11.5. The van der Waals surface area contributed by atoms with Crippen molar-refractivity contribution in [3.63, 3.8) is 0 Å². The lowest BCUT2D eigenvalue weighted by Gasteiger charge is -2.31. The number of ether oxygens (including phenoxy) is 1. The van der Waals surface area contributed by atoms with E-state index in [0.717, 1.165) is 16.9 Å². The van der Waals surface area contributed by atoms with Crippen molar-refractivity contribution in [1.29, 1.82) is 0 Å². The normalized spacial score (nSPS) is 11.8. The van der Waals surface area contributed by atoms with Crippen LogP contribution in [0.15, 0.2) is 108 Å². The van der Waals surface area contributed by atoms with Gasteiger partial charge < -0.3 is 9.64 Å². The van der Waals surface area contributed by atoms with Crippen molar-refractivity contribution in [3.8, 4) is 11.4 Å². The first-order valence-corrected chi connectivity index (χ1v) is 13.1. The zero-order valence-corrected chi connectivity index (χ0v) is 22.5. The summed E-state index contributed by atoms with van der Waals surface area (Å²) in [4.78, 5) is 34.4. The van der Waals surface area contributed by atoms with Gasteiger partial charge in [0.2, 0.25) is 5.91 Å². The molecule has 1 heterocycles. The standard InChI is InChI=1S/C32H28ClN3O3/c1-22(31-34-29-11-7-6-10-28(29)32(38)36(31)26-16-14-25(33)15-17-26)35(21-24-8-4-3-5-9-24)30(37)20-23-12-18-27(39-2)19-13-23/h3-19,22H,20-21H2,1-2H3. The molecule has 0 aliphatic rings. The summed E-state index contributed by atoms with van der Waals surface area (Å²) in [5, 5.41) is 1.07. The van der Waals surface area contributed by atoms with Gasteiger partial charge in [0.25, 0.3) is 5.56 Å². The lowest BCUT2D eigenvalue weighted by molar-refractivity contribution is -0.133. The van der Waals surface area contributed by atoms with E-state index in [1.54, 1.807) is 46.9 Å². The number of methoxy groups -OCH3 is 1. The largest absolute Gasteiger partial charge is 0.497 e. The summed E-state index contributed by atoms with van der Waals surface area (Å²) in [6.45, 7) is 2.28. The van der Waals surface area contributed by atoms with E-state index in [0.29, 0.717) is 34.0 Å². The fourth-order valence-corrected chi connectivity index (χ4v) is 4.78. The highest BCUT2D eigenvalue weighted by Gasteiger charge is 2.27. The second-order valence-corrected chi connectivity index (χ2v) is 9.75. The van der Waals surface area contributed by atoms with Gasteiger partial charge in [0.15, 0.2) is 0 Å². The third-order valence-electron chi connectivity index (χ3n) is 6.76. The van der Waals surface area contributed by atoms with Crippen LogP contribution in [-0.2, 0) is 17.8 Å². The molecule has 7 heteroatoms. The first-order chi connectivity index (χ1) is 18.9. The number of halogens is 1. The fraction of sp³-hybridized carbons (Fsp3) is 0.156. The number of benzene rings is 4. The number of amides is 1. The maximum absolute atomic E-state index is 13.9. The van der Waals surface area contributed by atoms with E-state index in [4.69, 9.17) is 21.3 Å². The van der Waals surface area contributed by atoms with Crippen LogP contribution in [0.3, 0.4) is 0 Å². The predicted molar refractivity (Wildman–Crippen MR) is 154 cm³/mol. The lowest BCUT2D eigenvalue weighted by Crippen LogP contribution is -2.38. The minimum atomic E-state index is -0.524. The molecule has 1 atom stereocenters. The molecule has 0 spiro atoms. The molecule has 0 fully saturated rings. The molecular weight excluding hydrogens is 510 g/mol. The first kappa shape index (κ1) is 26.2. The summed E-state index contributed by atoms with van der Waals surface area (Å²) >= 11 is 6.15. The van der Waals surface area contributed by atoms with E-state index in [1.807, 2.05) is 79.7 Å². The fourth-order valence-electron chi connectivity index (χ4n) is 4.65. The molecule has 0 saturated heterocycles. The molecule has 0 aliphatic carbocycles. The van der Waals surface area contributed by atoms with Crippen molar-refractivity contribution in [2.75, 3.05) is 7.11 Å². The predicted octanol–water partition coefficient (Wildman–Crippen LogP) is 6.38. The monoisotopic (exact) mass is 537 g/mol. The van der Waals surface area contributed by atoms with Gasteiger partial charge >= 0.3 is 0 Å². The Morgan fingerprint density at radius 2 is 1.56 bits per heavy atom. The van der Waals surface area contributed by atoms with Crippen molar-refractivity contribution in [3.05, 3.63) is 135 Å². The smallest absolute Gasteiger partial charge is 0.266 e. The molecule has 5 aromatic rings. The molecule has 4 aromatic carbocycles. The van der Waals surface area contributed by atoms with E-state index >= 15 is 0 Å². The molecule has 1 amide bonds. The average molecular weight is 538 g/mol. The average Bonchev–Trinajstić information content (AvgIpc) is 2.97. The molecule has 0 radical (unpaired) electrons. The molecular formula is C32H28ClN3O3. The van der Waals surface area contributed by atoms with Crippen LogP contribution < -0.4 is 10.3 Å². The van der Waals surface area contributed by atoms with Gasteiger partial charge in [0, 0.05) is 11.6 Å². The maximum Gasteiger partial charge on any atom is 0.266 e. The van der Waals surface area contributed by atoms with Crippen LogP contribution in [0.4, 0.5) is 0 Å². The Kier molecular flexibility index (Phi) is 7.75. The van der Waals surface area contributed by atoms with Crippen molar-refractivity contribution < 1.29 is 9.53 Å². The van der Waals surface area contributed by atoms with Crippen LogP contribution in [0, 0.1) is 0 Å². The highest BCUT2D eigenvalue weighted by molar-refractivity contribution is 6.30. The number of nitrogens with zero attached hydrogens (tertiary/aromatic N) is 3. The number of aromatic nitrogens is 2. The topological polar surface area (TPSA) is 64.4 Å². The zero-order chi connectivity index (χ0) is 27.4. The minimum absolute atomic E-state index is 0.0819. The number of rotatable bonds is 8. The molecule has 0 N–H and O–H groups in total. The van der Waals surface area contributed by atoms with Crippen molar-refractivity contribution in [2.24, 2.45) is 0 Å². The number of hydrogen-bond acceptors (Lipinski definition) is 4. The lowest BCUT2D eigenvalue weighted by atomic mass is 10.1. The number of fused-ring (bicyclic) bond motifs is 1. The Morgan fingerprint density at radius 3 is 2.26 bits per heavy atom. The summed E-state index contributed by atoms with van der Waals surface area (Å²) in [6, 6.07) is 31.1. The maximum atomic E-state index is 13.9. The minimum Gasteiger partial charge on any atom is -0.497 e. The first-order valence-electron chi connectivity index (χ1n) is 12.7. The van der Waals surface area contributed by atoms with Crippen LogP contribution >= 0.6 is 11.6 Å². The van der Waals surface area contributed by atoms with Gasteiger partial charge in [-0.25, -0.2) is 4.98 Å². The van der Waals surface area contributed by atoms with Gasteiger partial charge in [-0.3, -0.25) is 14.2 Å². The van der Waals surface area contributed by atoms with Gasteiger partial charge in [-0.2, -0.15) is 0 Å². The molecule has 0 bridgehead atoms. The third-order valence-corrected chi connectivity index (χ3v) is 7.01. The summed E-state index contributed by atoms with van der Waals surface area (Å²) in [5.41, 5.74) is 2.86.